The third-order valence-corrected chi connectivity index (χ3v) is 5.64. The minimum absolute atomic E-state index is 0.0000229. The summed E-state index contributed by atoms with van der Waals surface area (Å²) in [7, 11) is 3.67. The molecule has 1 aliphatic rings. The van der Waals surface area contributed by atoms with Crippen LogP contribution < -0.4 is 10.9 Å². The Balaban J connectivity index is 1.60. The van der Waals surface area contributed by atoms with Gasteiger partial charge >= 0.3 is 0 Å². The largest absolute Gasteiger partial charge is 0.507 e. The van der Waals surface area contributed by atoms with Gasteiger partial charge in [-0.05, 0) is 30.6 Å². The lowest BCUT2D eigenvalue weighted by Gasteiger charge is -2.30. The van der Waals surface area contributed by atoms with Crippen LogP contribution in [0.5, 0.6) is 5.75 Å². The maximum atomic E-state index is 12.7. The highest BCUT2D eigenvalue weighted by molar-refractivity contribution is 7.17. The van der Waals surface area contributed by atoms with E-state index in [1.54, 1.807) is 24.5 Å². The van der Waals surface area contributed by atoms with Crippen molar-refractivity contribution in [2.24, 2.45) is 7.05 Å². The summed E-state index contributed by atoms with van der Waals surface area (Å²) in [6.07, 6.45) is -0.0000229. The number of ether oxygens (including phenoxy) is 1. The van der Waals surface area contributed by atoms with Crippen LogP contribution in [-0.4, -0.2) is 64.2 Å². The summed E-state index contributed by atoms with van der Waals surface area (Å²) in [6.45, 7) is 2.87. The van der Waals surface area contributed by atoms with E-state index < -0.39 is 0 Å². The average molecular weight is 387 g/mol. The Morgan fingerprint density at radius 2 is 2.19 bits per heavy atom. The van der Waals surface area contributed by atoms with E-state index in [0.29, 0.717) is 24.5 Å². The van der Waals surface area contributed by atoms with Crippen molar-refractivity contribution in [3.63, 3.8) is 0 Å². The quantitative estimate of drug-likeness (QED) is 0.701. The number of phenols is 1. The van der Waals surface area contributed by atoms with Crippen molar-refractivity contribution in [2.45, 2.75) is 6.10 Å². The maximum absolute atomic E-state index is 12.7. The number of fused-ring (bicyclic) bond motifs is 1. The SMILES string of the molecule is CN1CCO[C@H](CNc2nnc(-c3ccc4sccc4c3O)n(C)c2=O)C1. The molecule has 1 saturated heterocycles. The summed E-state index contributed by atoms with van der Waals surface area (Å²) in [5.74, 6) is 0.608. The van der Waals surface area contributed by atoms with Gasteiger partial charge in [0.05, 0.1) is 18.3 Å². The van der Waals surface area contributed by atoms with Crippen molar-refractivity contribution in [3.05, 3.63) is 33.9 Å². The third kappa shape index (κ3) is 3.41. The summed E-state index contributed by atoms with van der Waals surface area (Å²) in [5, 5.41) is 24.5. The van der Waals surface area contributed by atoms with Crippen LogP contribution in [0.3, 0.4) is 0 Å². The molecule has 0 radical (unpaired) electrons. The van der Waals surface area contributed by atoms with E-state index in [-0.39, 0.29) is 23.2 Å². The second-order valence-corrected chi connectivity index (χ2v) is 7.61. The van der Waals surface area contributed by atoms with Gasteiger partial charge in [-0.15, -0.1) is 21.5 Å². The number of benzene rings is 1. The number of morpholine rings is 1. The number of anilines is 1. The first-order valence-corrected chi connectivity index (χ1v) is 9.60. The number of thiophene rings is 1. The smallest absolute Gasteiger partial charge is 0.296 e. The molecule has 1 aliphatic heterocycles. The van der Waals surface area contributed by atoms with Crippen LogP contribution in [0.4, 0.5) is 5.82 Å². The number of aromatic nitrogens is 3. The molecule has 1 aromatic carbocycles. The molecule has 9 heteroatoms. The molecule has 2 N–H and O–H groups in total. The maximum Gasteiger partial charge on any atom is 0.296 e. The molecule has 0 saturated carbocycles. The van der Waals surface area contributed by atoms with Crippen molar-refractivity contribution < 1.29 is 9.84 Å². The number of nitrogens with one attached hydrogen (secondary N) is 1. The van der Waals surface area contributed by atoms with E-state index in [1.165, 1.54) is 4.57 Å². The van der Waals surface area contributed by atoms with Crippen LogP contribution in [0, 0.1) is 0 Å². The molecule has 1 atom stereocenters. The Kier molecular flexibility index (Phi) is 4.81. The van der Waals surface area contributed by atoms with Gasteiger partial charge in [0.25, 0.3) is 5.56 Å². The first kappa shape index (κ1) is 17.9. The Hall–Kier alpha value is -2.49. The molecule has 4 rings (SSSR count). The second-order valence-electron chi connectivity index (χ2n) is 6.67. The molecular weight excluding hydrogens is 366 g/mol. The molecule has 27 heavy (non-hydrogen) atoms. The Morgan fingerprint density at radius 3 is 3.00 bits per heavy atom. The molecule has 142 valence electrons. The Labute approximate surface area is 160 Å². The van der Waals surface area contributed by atoms with Crippen molar-refractivity contribution in [3.8, 4) is 17.1 Å². The predicted octanol–water partition coefficient (Wildman–Crippen LogP) is 1.51. The monoisotopic (exact) mass is 387 g/mol. The number of aromatic hydroxyl groups is 1. The van der Waals surface area contributed by atoms with Gasteiger partial charge in [-0.2, -0.15) is 0 Å². The summed E-state index contributed by atoms with van der Waals surface area (Å²) >= 11 is 1.55. The fourth-order valence-corrected chi connectivity index (χ4v) is 4.01. The molecular formula is C18H21N5O3S. The molecule has 0 unspecified atom stereocenters. The average Bonchev–Trinajstić information content (AvgIpc) is 3.14. The van der Waals surface area contributed by atoms with Crippen LogP contribution in [0.1, 0.15) is 0 Å². The van der Waals surface area contributed by atoms with Gasteiger partial charge in [0, 0.05) is 36.8 Å². The van der Waals surface area contributed by atoms with Crippen molar-refractivity contribution >= 4 is 27.2 Å². The summed E-state index contributed by atoms with van der Waals surface area (Å²) in [4.78, 5) is 14.9. The molecule has 2 aromatic heterocycles. The number of hydrogen-bond donors (Lipinski definition) is 2. The molecule has 0 spiro atoms. The van der Waals surface area contributed by atoms with Gasteiger partial charge in [0.2, 0.25) is 5.82 Å². The molecule has 3 aromatic rings. The van der Waals surface area contributed by atoms with E-state index >= 15 is 0 Å². The highest BCUT2D eigenvalue weighted by atomic mass is 32.1. The van der Waals surface area contributed by atoms with E-state index in [2.05, 4.69) is 20.4 Å². The van der Waals surface area contributed by atoms with E-state index in [9.17, 15) is 9.90 Å². The number of likely N-dealkylation sites (N-methyl/N-ethyl adjacent to an activating group) is 1. The predicted molar refractivity (Wildman–Crippen MR) is 105 cm³/mol. The lowest BCUT2D eigenvalue weighted by Crippen LogP contribution is -2.43. The molecule has 0 aliphatic carbocycles. The van der Waals surface area contributed by atoms with Crippen molar-refractivity contribution in [1.29, 1.82) is 0 Å². The minimum Gasteiger partial charge on any atom is -0.507 e. The summed E-state index contributed by atoms with van der Waals surface area (Å²) in [6, 6.07) is 5.52. The van der Waals surface area contributed by atoms with Crippen LogP contribution in [0.25, 0.3) is 21.5 Å². The van der Waals surface area contributed by atoms with Crippen molar-refractivity contribution in [1.82, 2.24) is 19.7 Å². The van der Waals surface area contributed by atoms with Gasteiger partial charge in [-0.1, -0.05) is 0 Å². The highest BCUT2D eigenvalue weighted by Gasteiger charge is 2.20. The topological polar surface area (TPSA) is 92.5 Å². The Morgan fingerprint density at radius 1 is 1.33 bits per heavy atom. The van der Waals surface area contributed by atoms with Crippen LogP contribution in [-0.2, 0) is 11.8 Å². The Bertz CT molecular complexity index is 1030. The van der Waals surface area contributed by atoms with Crippen LogP contribution in [0.15, 0.2) is 28.4 Å². The molecule has 0 bridgehead atoms. The number of rotatable bonds is 4. The van der Waals surface area contributed by atoms with E-state index in [1.807, 2.05) is 24.6 Å². The zero-order chi connectivity index (χ0) is 19.0. The van der Waals surface area contributed by atoms with Gasteiger partial charge in [-0.3, -0.25) is 9.36 Å². The molecule has 0 amide bonds. The first-order valence-electron chi connectivity index (χ1n) is 8.72. The molecule has 3 heterocycles. The summed E-state index contributed by atoms with van der Waals surface area (Å²) in [5.41, 5.74) is 0.186. The zero-order valence-corrected chi connectivity index (χ0v) is 16.0. The van der Waals surface area contributed by atoms with Gasteiger partial charge in [-0.25, -0.2) is 0 Å². The van der Waals surface area contributed by atoms with E-state index in [4.69, 9.17) is 4.74 Å². The number of phenolic OH excluding ortho intramolecular Hbond substituents is 1. The van der Waals surface area contributed by atoms with Crippen LogP contribution >= 0.6 is 11.3 Å². The standard InChI is InChI=1S/C18H21N5O3S/c1-22-6-7-26-11(10-22)9-19-16-18(25)23(2)17(21-20-16)13-3-4-14-12(15(13)24)5-8-27-14/h3-5,8,11,24H,6-7,9-10H2,1-2H3,(H,19,20)/t11-/m1/s1. The first-order chi connectivity index (χ1) is 13.0. The second kappa shape index (κ2) is 7.26. The lowest BCUT2D eigenvalue weighted by atomic mass is 10.1. The fourth-order valence-electron chi connectivity index (χ4n) is 3.22. The zero-order valence-electron chi connectivity index (χ0n) is 15.2. The van der Waals surface area contributed by atoms with Crippen molar-refractivity contribution in [2.75, 3.05) is 38.6 Å². The van der Waals surface area contributed by atoms with Gasteiger partial charge in [0.1, 0.15) is 5.75 Å². The normalized spacial score (nSPS) is 18.1. The molecule has 8 nitrogen and oxygen atoms in total. The van der Waals surface area contributed by atoms with Gasteiger partial charge < -0.3 is 20.1 Å². The minimum atomic E-state index is -0.297. The lowest BCUT2D eigenvalue weighted by molar-refractivity contribution is -0.0117. The molecule has 1 fully saturated rings. The number of hydrogen-bond acceptors (Lipinski definition) is 8. The van der Waals surface area contributed by atoms with Gasteiger partial charge in [0.15, 0.2) is 5.82 Å². The van der Waals surface area contributed by atoms with Crippen LogP contribution in [0.2, 0.25) is 0 Å². The highest BCUT2D eigenvalue weighted by Crippen LogP contribution is 2.36. The number of nitrogens with zero attached hydrogens (tertiary/aromatic N) is 4. The third-order valence-electron chi connectivity index (χ3n) is 4.76. The summed E-state index contributed by atoms with van der Waals surface area (Å²) < 4.78 is 8.06. The van der Waals surface area contributed by atoms with E-state index in [0.717, 1.165) is 23.2 Å². The fraction of sp³-hybridized carbons (Fsp3) is 0.389.